The molecule has 1 amide bonds. The van der Waals surface area contributed by atoms with Crippen LogP contribution in [0.3, 0.4) is 0 Å². The highest BCUT2D eigenvalue weighted by atomic mass is 16.1. The fraction of sp³-hybridized carbons (Fsp3) is 0.130. The van der Waals surface area contributed by atoms with Crippen LogP contribution in [0.2, 0.25) is 0 Å². The molecule has 6 heteroatoms. The van der Waals surface area contributed by atoms with Crippen LogP contribution in [0.4, 0.5) is 0 Å². The SMILES string of the molecule is Cc1ccc(C(=O)NCc2nn(Cc3ccccn3)c(=O)c3ccccc23)cc1. The van der Waals surface area contributed by atoms with E-state index in [0.717, 1.165) is 16.6 Å². The third kappa shape index (κ3) is 4.06. The first kappa shape index (κ1) is 18.6. The zero-order valence-corrected chi connectivity index (χ0v) is 16.0. The topological polar surface area (TPSA) is 76.9 Å². The lowest BCUT2D eigenvalue weighted by molar-refractivity contribution is 0.0950. The van der Waals surface area contributed by atoms with Crippen LogP contribution in [-0.2, 0) is 13.1 Å². The molecule has 1 N–H and O–H groups in total. The molecule has 0 spiro atoms. The van der Waals surface area contributed by atoms with Crippen LogP contribution in [0.5, 0.6) is 0 Å². The first-order valence-electron chi connectivity index (χ1n) is 9.35. The molecule has 0 aliphatic heterocycles. The van der Waals surface area contributed by atoms with Crippen molar-refractivity contribution in [1.82, 2.24) is 20.1 Å². The normalized spacial score (nSPS) is 10.8. The maximum Gasteiger partial charge on any atom is 0.275 e. The van der Waals surface area contributed by atoms with E-state index in [4.69, 9.17) is 0 Å². The maximum atomic E-state index is 12.9. The van der Waals surface area contributed by atoms with Crippen LogP contribution < -0.4 is 10.9 Å². The van der Waals surface area contributed by atoms with Crippen molar-refractivity contribution in [3.05, 3.63) is 106 Å². The summed E-state index contributed by atoms with van der Waals surface area (Å²) in [5.41, 5.74) is 2.88. The van der Waals surface area contributed by atoms with E-state index >= 15 is 0 Å². The number of aryl methyl sites for hydroxylation is 1. The molecule has 144 valence electrons. The van der Waals surface area contributed by atoms with E-state index < -0.39 is 0 Å². The number of fused-ring (bicyclic) bond motifs is 1. The number of hydrogen-bond donors (Lipinski definition) is 1. The Hall–Kier alpha value is -3.80. The molecule has 2 aromatic carbocycles. The Labute approximate surface area is 167 Å². The van der Waals surface area contributed by atoms with Gasteiger partial charge in [-0.05, 0) is 37.3 Å². The minimum absolute atomic E-state index is 0.181. The molecule has 0 bridgehead atoms. The summed E-state index contributed by atoms with van der Waals surface area (Å²) < 4.78 is 1.40. The number of aromatic nitrogens is 3. The van der Waals surface area contributed by atoms with Crippen molar-refractivity contribution >= 4 is 16.7 Å². The lowest BCUT2D eigenvalue weighted by atomic mass is 10.1. The highest BCUT2D eigenvalue weighted by molar-refractivity contribution is 5.94. The first-order valence-corrected chi connectivity index (χ1v) is 9.35. The molecule has 4 rings (SSSR count). The average Bonchev–Trinajstić information content (AvgIpc) is 2.76. The number of carbonyl (C=O) groups excluding carboxylic acids is 1. The Morgan fingerprint density at radius 3 is 2.41 bits per heavy atom. The standard InChI is InChI=1S/C23H20N4O2/c1-16-9-11-17(12-10-16)22(28)25-14-21-19-7-2-3-8-20(19)23(29)27(26-21)15-18-6-4-5-13-24-18/h2-13H,14-15H2,1H3,(H,25,28). The van der Waals surface area contributed by atoms with Crippen molar-refractivity contribution < 1.29 is 4.79 Å². The van der Waals surface area contributed by atoms with Gasteiger partial charge in [-0.1, -0.05) is 42.0 Å². The molecule has 0 aliphatic rings. The lowest BCUT2D eigenvalue weighted by Crippen LogP contribution is -2.29. The minimum Gasteiger partial charge on any atom is -0.346 e. The van der Waals surface area contributed by atoms with Gasteiger partial charge in [-0.25, -0.2) is 4.68 Å². The third-order valence-corrected chi connectivity index (χ3v) is 4.71. The van der Waals surface area contributed by atoms with Crippen LogP contribution in [0.15, 0.2) is 77.7 Å². The predicted molar refractivity (Wildman–Crippen MR) is 112 cm³/mol. The molecule has 6 nitrogen and oxygen atoms in total. The van der Waals surface area contributed by atoms with Gasteiger partial charge in [0.05, 0.1) is 29.9 Å². The van der Waals surface area contributed by atoms with Gasteiger partial charge < -0.3 is 5.32 Å². The highest BCUT2D eigenvalue weighted by Crippen LogP contribution is 2.14. The largest absolute Gasteiger partial charge is 0.346 e. The van der Waals surface area contributed by atoms with Crippen LogP contribution in [0.1, 0.15) is 27.3 Å². The molecule has 0 aliphatic carbocycles. The van der Waals surface area contributed by atoms with Crippen molar-refractivity contribution in [1.29, 1.82) is 0 Å². The number of amides is 1. The zero-order chi connectivity index (χ0) is 20.2. The third-order valence-electron chi connectivity index (χ3n) is 4.71. The first-order chi connectivity index (χ1) is 14.1. The summed E-state index contributed by atoms with van der Waals surface area (Å²) >= 11 is 0. The smallest absolute Gasteiger partial charge is 0.275 e. The monoisotopic (exact) mass is 384 g/mol. The summed E-state index contributed by atoms with van der Waals surface area (Å²) in [7, 11) is 0. The van der Waals surface area contributed by atoms with Gasteiger partial charge in [-0.15, -0.1) is 0 Å². The van der Waals surface area contributed by atoms with E-state index in [2.05, 4.69) is 15.4 Å². The van der Waals surface area contributed by atoms with Crippen molar-refractivity contribution in [2.24, 2.45) is 0 Å². The van der Waals surface area contributed by atoms with E-state index in [-0.39, 0.29) is 24.6 Å². The second kappa shape index (κ2) is 8.06. The van der Waals surface area contributed by atoms with Crippen LogP contribution in [0, 0.1) is 6.92 Å². The summed E-state index contributed by atoms with van der Waals surface area (Å²) in [5, 5.41) is 8.73. The van der Waals surface area contributed by atoms with Gasteiger partial charge in [0.2, 0.25) is 0 Å². The summed E-state index contributed by atoms with van der Waals surface area (Å²) in [4.78, 5) is 29.6. The van der Waals surface area contributed by atoms with Gasteiger partial charge in [0, 0.05) is 17.1 Å². The van der Waals surface area contributed by atoms with Gasteiger partial charge in [0.1, 0.15) is 0 Å². The molecule has 29 heavy (non-hydrogen) atoms. The fourth-order valence-electron chi connectivity index (χ4n) is 3.16. The number of nitrogens with zero attached hydrogens (tertiary/aromatic N) is 3. The maximum absolute atomic E-state index is 12.9. The predicted octanol–water partition coefficient (Wildman–Crippen LogP) is 3.08. The van der Waals surface area contributed by atoms with Gasteiger partial charge in [0.15, 0.2) is 0 Å². The Morgan fingerprint density at radius 1 is 0.966 bits per heavy atom. The second-order valence-electron chi connectivity index (χ2n) is 6.82. The van der Waals surface area contributed by atoms with Gasteiger partial charge >= 0.3 is 0 Å². The van der Waals surface area contributed by atoms with Gasteiger partial charge in [0.25, 0.3) is 11.5 Å². The van der Waals surface area contributed by atoms with E-state index in [0.29, 0.717) is 16.6 Å². The van der Waals surface area contributed by atoms with E-state index in [1.165, 1.54) is 4.68 Å². The van der Waals surface area contributed by atoms with Crippen molar-refractivity contribution in [3.8, 4) is 0 Å². The number of nitrogens with one attached hydrogen (secondary N) is 1. The minimum atomic E-state index is -0.182. The van der Waals surface area contributed by atoms with Crippen molar-refractivity contribution in [2.45, 2.75) is 20.0 Å². The van der Waals surface area contributed by atoms with E-state index in [1.54, 1.807) is 24.4 Å². The number of carbonyl (C=O) groups is 1. The molecule has 0 unspecified atom stereocenters. The molecule has 4 aromatic rings. The average molecular weight is 384 g/mol. The van der Waals surface area contributed by atoms with Crippen LogP contribution in [0.25, 0.3) is 10.8 Å². The molecule has 0 saturated heterocycles. The Bertz CT molecular complexity index is 1220. The summed E-state index contributed by atoms with van der Waals surface area (Å²) in [6, 6.07) is 20.2. The zero-order valence-electron chi connectivity index (χ0n) is 16.0. The number of rotatable bonds is 5. The fourth-order valence-corrected chi connectivity index (χ4v) is 3.16. The number of pyridine rings is 1. The highest BCUT2D eigenvalue weighted by Gasteiger charge is 2.13. The molecule has 0 saturated carbocycles. The molecule has 0 atom stereocenters. The number of hydrogen-bond acceptors (Lipinski definition) is 4. The summed E-state index contributed by atoms with van der Waals surface area (Å²) in [6.07, 6.45) is 1.68. The van der Waals surface area contributed by atoms with Crippen molar-refractivity contribution in [3.63, 3.8) is 0 Å². The van der Waals surface area contributed by atoms with Gasteiger partial charge in [-0.2, -0.15) is 5.10 Å². The van der Waals surface area contributed by atoms with E-state index in [9.17, 15) is 9.59 Å². The molecule has 0 fully saturated rings. The molecule has 2 aromatic heterocycles. The Morgan fingerprint density at radius 2 is 1.69 bits per heavy atom. The lowest BCUT2D eigenvalue weighted by Gasteiger charge is -2.12. The Kier molecular flexibility index (Phi) is 5.16. The molecular weight excluding hydrogens is 364 g/mol. The van der Waals surface area contributed by atoms with Crippen LogP contribution in [-0.4, -0.2) is 20.7 Å². The summed E-state index contributed by atoms with van der Waals surface area (Å²) in [6.45, 7) is 2.46. The van der Waals surface area contributed by atoms with Crippen molar-refractivity contribution in [2.75, 3.05) is 0 Å². The quantitative estimate of drug-likeness (QED) is 0.574. The van der Waals surface area contributed by atoms with Gasteiger partial charge in [-0.3, -0.25) is 14.6 Å². The second-order valence-corrected chi connectivity index (χ2v) is 6.82. The Balaban J connectivity index is 1.66. The summed E-state index contributed by atoms with van der Waals surface area (Å²) in [5.74, 6) is -0.182. The van der Waals surface area contributed by atoms with Crippen LogP contribution >= 0.6 is 0 Å². The number of benzene rings is 2. The van der Waals surface area contributed by atoms with E-state index in [1.807, 2.05) is 55.5 Å². The molecular formula is C23H20N4O2. The molecule has 2 heterocycles. The molecule has 0 radical (unpaired) electrons.